The SMILES string of the molecule is CC(OC(=O)c1csc(-c2ccsc2)n1)C(=O)NC(=O)NC1CCCC1. The lowest BCUT2D eigenvalue weighted by Gasteiger charge is -2.15. The molecule has 2 aromatic rings. The van der Waals surface area contributed by atoms with Gasteiger partial charge in [0.25, 0.3) is 5.91 Å². The van der Waals surface area contributed by atoms with Gasteiger partial charge in [-0.05, 0) is 31.2 Å². The number of ether oxygens (including phenoxy) is 1. The molecule has 0 spiro atoms. The molecule has 1 unspecified atom stereocenters. The van der Waals surface area contributed by atoms with Crippen LogP contribution in [0.4, 0.5) is 4.79 Å². The zero-order valence-corrected chi connectivity index (χ0v) is 15.8. The first-order valence-corrected chi connectivity index (χ1v) is 10.2. The van der Waals surface area contributed by atoms with Crippen molar-refractivity contribution in [1.29, 1.82) is 0 Å². The van der Waals surface area contributed by atoms with Gasteiger partial charge in [0.05, 0.1) is 0 Å². The first kappa shape index (κ1) is 18.5. The Bertz CT molecular complexity index is 782. The van der Waals surface area contributed by atoms with E-state index in [1.54, 1.807) is 16.7 Å². The van der Waals surface area contributed by atoms with Gasteiger partial charge in [0.1, 0.15) is 5.01 Å². The van der Waals surface area contributed by atoms with Crippen LogP contribution < -0.4 is 10.6 Å². The van der Waals surface area contributed by atoms with E-state index in [-0.39, 0.29) is 11.7 Å². The van der Waals surface area contributed by atoms with Crippen molar-refractivity contribution in [2.24, 2.45) is 0 Å². The molecule has 1 aliphatic carbocycles. The molecule has 2 N–H and O–H groups in total. The van der Waals surface area contributed by atoms with Crippen molar-refractivity contribution in [3.63, 3.8) is 0 Å². The Kier molecular flexibility index (Phi) is 6.00. The summed E-state index contributed by atoms with van der Waals surface area (Å²) in [4.78, 5) is 40.2. The molecule has 0 aromatic carbocycles. The summed E-state index contributed by atoms with van der Waals surface area (Å²) < 4.78 is 5.12. The second-order valence-electron chi connectivity index (χ2n) is 6.04. The number of hydrogen-bond donors (Lipinski definition) is 2. The van der Waals surface area contributed by atoms with E-state index in [9.17, 15) is 14.4 Å². The van der Waals surface area contributed by atoms with E-state index >= 15 is 0 Å². The molecule has 3 rings (SSSR count). The van der Waals surface area contributed by atoms with E-state index in [2.05, 4.69) is 15.6 Å². The number of carbonyl (C=O) groups is 3. The predicted octanol–water partition coefficient (Wildman–Crippen LogP) is 3.19. The number of urea groups is 1. The maximum atomic E-state index is 12.2. The zero-order valence-electron chi connectivity index (χ0n) is 14.2. The van der Waals surface area contributed by atoms with Gasteiger partial charge in [0, 0.05) is 22.4 Å². The molecule has 1 aliphatic rings. The van der Waals surface area contributed by atoms with Crippen LogP contribution in [0.15, 0.2) is 22.2 Å². The Labute approximate surface area is 158 Å². The summed E-state index contributed by atoms with van der Waals surface area (Å²) in [5.41, 5.74) is 1.08. The van der Waals surface area contributed by atoms with Crippen molar-refractivity contribution in [1.82, 2.24) is 15.6 Å². The molecule has 2 aromatic heterocycles. The van der Waals surface area contributed by atoms with Crippen molar-refractivity contribution < 1.29 is 19.1 Å². The van der Waals surface area contributed by atoms with Gasteiger partial charge in [-0.25, -0.2) is 14.6 Å². The summed E-state index contributed by atoms with van der Waals surface area (Å²) in [6.45, 7) is 1.42. The number of thiazole rings is 1. The summed E-state index contributed by atoms with van der Waals surface area (Å²) in [5, 5.41) is 11.1. The molecule has 1 saturated carbocycles. The zero-order chi connectivity index (χ0) is 18.5. The lowest BCUT2D eigenvalue weighted by atomic mass is 10.2. The van der Waals surface area contributed by atoms with Crippen LogP contribution in [0.25, 0.3) is 10.6 Å². The maximum absolute atomic E-state index is 12.2. The number of rotatable bonds is 5. The lowest BCUT2D eigenvalue weighted by Crippen LogP contribution is -2.47. The first-order chi connectivity index (χ1) is 12.5. The third-order valence-corrected chi connectivity index (χ3v) is 5.64. The van der Waals surface area contributed by atoms with E-state index in [1.807, 2.05) is 16.8 Å². The highest BCUT2D eigenvalue weighted by molar-refractivity contribution is 7.14. The molecule has 0 bridgehead atoms. The molecule has 7 nitrogen and oxygen atoms in total. The van der Waals surface area contributed by atoms with Crippen LogP contribution in [0.5, 0.6) is 0 Å². The Morgan fingerprint density at radius 1 is 1.27 bits per heavy atom. The normalized spacial score (nSPS) is 15.4. The van der Waals surface area contributed by atoms with E-state index in [4.69, 9.17) is 4.74 Å². The third-order valence-electron chi connectivity index (χ3n) is 4.06. The standard InChI is InChI=1S/C17H19N3O4S2/c1-10(14(21)20-17(23)18-12-4-2-3-5-12)24-16(22)13-9-26-15(19-13)11-6-7-25-8-11/h6-10,12H,2-5H2,1H3,(H2,18,20,21,23). The van der Waals surface area contributed by atoms with Crippen LogP contribution in [0.3, 0.4) is 0 Å². The molecule has 1 atom stereocenters. The number of thiophene rings is 1. The van der Waals surface area contributed by atoms with Gasteiger partial charge in [-0.1, -0.05) is 12.8 Å². The molecule has 0 aliphatic heterocycles. The molecule has 3 amide bonds. The van der Waals surface area contributed by atoms with Gasteiger partial charge in [-0.15, -0.1) is 11.3 Å². The average molecular weight is 393 g/mol. The molecular formula is C17H19N3O4S2. The second kappa shape index (κ2) is 8.41. The third kappa shape index (κ3) is 4.67. The quantitative estimate of drug-likeness (QED) is 0.761. The highest BCUT2D eigenvalue weighted by Gasteiger charge is 2.24. The number of carbonyl (C=O) groups excluding carboxylic acids is 3. The summed E-state index contributed by atoms with van der Waals surface area (Å²) in [7, 11) is 0. The van der Waals surface area contributed by atoms with Crippen LogP contribution in [-0.2, 0) is 9.53 Å². The van der Waals surface area contributed by atoms with Crippen molar-refractivity contribution in [2.45, 2.75) is 44.8 Å². The Morgan fingerprint density at radius 2 is 2.04 bits per heavy atom. The van der Waals surface area contributed by atoms with E-state index in [0.717, 1.165) is 31.2 Å². The fraction of sp³-hybridized carbons (Fsp3) is 0.412. The Hall–Kier alpha value is -2.26. The number of esters is 1. The molecular weight excluding hydrogens is 374 g/mol. The average Bonchev–Trinajstić information content (AvgIpc) is 3.35. The van der Waals surface area contributed by atoms with Gasteiger partial charge >= 0.3 is 12.0 Å². The van der Waals surface area contributed by atoms with Crippen molar-refractivity contribution in [3.05, 3.63) is 27.9 Å². The lowest BCUT2D eigenvalue weighted by molar-refractivity contribution is -0.127. The van der Waals surface area contributed by atoms with Crippen molar-refractivity contribution in [2.75, 3.05) is 0 Å². The number of imide groups is 1. The summed E-state index contributed by atoms with van der Waals surface area (Å²) in [6, 6.07) is 1.46. The summed E-state index contributed by atoms with van der Waals surface area (Å²) in [5.74, 6) is -1.36. The van der Waals surface area contributed by atoms with Crippen LogP contribution in [0.1, 0.15) is 43.1 Å². The second-order valence-corrected chi connectivity index (χ2v) is 7.68. The van der Waals surface area contributed by atoms with Gasteiger partial charge in [0.15, 0.2) is 11.8 Å². The highest BCUT2D eigenvalue weighted by Crippen LogP contribution is 2.26. The number of nitrogens with one attached hydrogen (secondary N) is 2. The minimum absolute atomic E-state index is 0.103. The first-order valence-electron chi connectivity index (χ1n) is 8.33. The molecule has 0 saturated heterocycles. The fourth-order valence-electron chi connectivity index (χ4n) is 2.67. The molecule has 9 heteroatoms. The molecule has 26 heavy (non-hydrogen) atoms. The van der Waals surface area contributed by atoms with Crippen LogP contribution >= 0.6 is 22.7 Å². The number of hydrogen-bond acceptors (Lipinski definition) is 7. The van der Waals surface area contributed by atoms with Crippen LogP contribution in [-0.4, -0.2) is 35.0 Å². The largest absolute Gasteiger partial charge is 0.448 e. The molecule has 1 fully saturated rings. The number of amides is 3. The minimum Gasteiger partial charge on any atom is -0.448 e. The summed E-state index contributed by atoms with van der Waals surface area (Å²) >= 11 is 2.87. The molecule has 138 valence electrons. The molecule has 0 radical (unpaired) electrons. The monoisotopic (exact) mass is 393 g/mol. The summed E-state index contributed by atoms with van der Waals surface area (Å²) in [6.07, 6.45) is 2.90. The smallest absolute Gasteiger partial charge is 0.358 e. The van der Waals surface area contributed by atoms with Crippen molar-refractivity contribution >= 4 is 40.6 Å². The highest BCUT2D eigenvalue weighted by atomic mass is 32.1. The van der Waals surface area contributed by atoms with E-state index in [1.165, 1.54) is 18.3 Å². The van der Waals surface area contributed by atoms with Crippen LogP contribution in [0, 0.1) is 0 Å². The van der Waals surface area contributed by atoms with Gasteiger partial charge in [-0.2, -0.15) is 11.3 Å². The van der Waals surface area contributed by atoms with Gasteiger partial charge in [0.2, 0.25) is 0 Å². The Morgan fingerprint density at radius 3 is 2.73 bits per heavy atom. The topological polar surface area (TPSA) is 97.4 Å². The van der Waals surface area contributed by atoms with E-state index in [0.29, 0.717) is 5.01 Å². The van der Waals surface area contributed by atoms with Gasteiger partial charge in [-0.3, -0.25) is 10.1 Å². The van der Waals surface area contributed by atoms with Crippen LogP contribution in [0.2, 0.25) is 0 Å². The predicted molar refractivity (Wildman–Crippen MR) is 99.2 cm³/mol. The maximum Gasteiger partial charge on any atom is 0.358 e. The molecule has 2 heterocycles. The number of aromatic nitrogens is 1. The Balaban J connectivity index is 1.50. The van der Waals surface area contributed by atoms with Crippen molar-refractivity contribution in [3.8, 4) is 10.6 Å². The van der Waals surface area contributed by atoms with Gasteiger partial charge < -0.3 is 10.1 Å². The minimum atomic E-state index is -1.09. The van der Waals surface area contributed by atoms with E-state index < -0.39 is 24.0 Å². The fourth-order valence-corrected chi connectivity index (χ4v) is 4.17. The number of nitrogens with zero attached hydrogens (tertiary/aromatic N) is 1.